The molecule has 6 nitrogen and oxygen atoms in total. The Hall–Kier alpha value is -2.57. The zero-order valence-corrected chi connectivity index (χ0v) is 16.4. The van der Waals surface area contributed by atoms with E-state index in [1.807, 2.05) is 0 Å². The van der Waals surface area contributed by atoms with Gasteiger partial charge in [0.1, 0.15) is 5.75 Å². The normalized spacial score (nSPS) is 17.0. The first kappa shape index (κ1) is 20.2. The van der Waals surface area contributed by atoms with Crippen molar-refractivity contribution in [1.29, 1.82) is 0 Å². The highest BCUT2D eigenvalue weighted by atomic mass is 35.5. The summed E-state index contributed by atoms with van der Waals surface area (Å²) in [6.07, 6.45) is 1.24. The summed E-state index contributed by atoms with van der Waals surface area (Å²) in [5, 5.41) is 6.16. The minimum Gasteiger partial charge on any atom is -0.481 e. The van der Waals surface area contributed by atoms with Crippen molar-refractivity contribution in [1.82, 2.24) is 5.32 Å². The lowest BCUT2D eigenvalue weighted by Gasteiger charge is -2.17. The molecule has 0 spiro atoms. The van der Waals surface area contributed by atoms with Gasteiger partial charge in [-0.3, -0.25) is 9.59 Å². The van der Waals surface area contributed by atoms with Crippen LogP contribution >= 0.6 is 11.6 Å². The molecule has 1 heterocycles. The molecule has 3 rings (SSSR count). The second kappa shape index (κ2) is 9.57. The van der Waals surface area contributed by atoms with E-state index in [4.69, 9.17) is 21.1 Å². The predicted octanol–water partition coefficient (Wildman–Crippen LogP) is 3.65. The van der Waals surface area contributed by atoms with E-state index < -0.39 is 6.10 Å². The Kier molecular flexibility index (Phi) is 6.90. The summed E-state index contributed by atoms with van der Waals surface area (Å²) < 4.78 is 11.2. The maximum atomic E-state index is 12.5. The highest BCUT2D eigenvalue weighted by Gasteiger charge is 2.20. The molecule has 7 heteroatoms. The van der Waals surface area contributed by atoms with Crippen LogP contribution in [0.2, 0.25) is 5.02 Å². The quantitative estimate of drug-likeness (QED) is 0.741. The molecule has 1 saturated heterocycles. The van der Waals surface area contributed by atoms with Crippen molar-refractivity contribution in [3.63, 3.8) is 0 Å². The van der Waals surface area contributed by atoms with Crippen molar-refractivity contribution >= 4 is 29.1 Å². The van der Waals surface area contributed by atoms with Crippen molar-refractivity contribution in [3.05, 3.63) is 59.1 Å². The van der Waals surface area contributed by atoms with E-state index in [-0.39, 0.29) is 17.9 Å². The number of carbonyl (C=O) groups is 2. The van der Waals surface area contributed by atoms with Crippen LogP contribution in [0.1, 0.15) is 30.1 Å². The Bertz CT molecular complexity index is 837. The Labute approximate surface area is 169 Å². The molecule has 2 aromatic rings. The fourth-order valence-corrected chi connectivity index (χ4v) is 3.11. The van der Waals surface area contributed by atoms with Gasteiger partial charge in [-0.25, -0.2) is 0 Å². The highest BCUT2D eigenvalue weighted by Crippen LogP contribution is 2.20. The number of carbonyl (C=O) groups excluding carboxylic acids is 2. The van der Waals surface area contributed by atoms with Crippen LogP contribution in [0.3, 0.4) is 0 Å². The van der Waals surface area contributed by atoms with Gasteiger partial charge in [-0.05, 0) is 50.1 Å². The fraction of sp³-hybridized carbons (Fsp3) is 0.333. The molecular formula is C21H23ClN2O4. The summed E-state index contributed by atoms with van der Waals surface area (Å²) in [5.74, 6) is -0.119. The maximum absolute atomic E-state index is 12.5. The Morgan fingerprint density at radius 1 is 1.25 bits per heavy atom. The topological polar surface area (TPSA) is 76.7 Å². The molecule has 1 aliphatic heterocycles. The Balaban J connectivity index is 1.61. The van der Waals surface area contributed by atoms with Gasteiger partial charge in [0.2, 0.25) is 0 Å². The van der Waals surface area contributed by atoms with Gasteiger partial charge in [0.15, 0.2) is 6.10 Å². The number of ether oxygens (including phenoxy) is 2. The van der Waals surface area contributed by atoms with Crippen LogP contribution in [-0.2, 0) is 9.53 Å². The molecule has 2 atom stereocenters. The summed E-state index contributed by atoms with van der Waals surface area (Å²) in [4.78, 5) is 25.1. The zero-order chi connectivity index (χ0) is 19.9. The van der Waals surface area contributed by atoms with Gasteiger partial charge in [0.25, 0.3) is 11.8 Å². The van der Waals surface area contributed by atoms with Crippen molar-refractivity contribution in [2.24, 2.45) is 0 Å². The molecule has 2 aromatic carbocycles. The standard InChI is InChI=1S/C21H23ClN2O4/c1-14(28-16-7-4-6-15(22)12-16)20(25)24-19-10-3-2-9-18(19)21(26)23-13-17-8-5-11-27-17/h2-4,6-7,9-10,12,14,17H,5,8,11,13H2,1H3,(H,23,26)(H,24,25)/t14-,17-/m0/s1. The smallest absolute Gasteiger partial charge is 0.265 e. The summed E-state index contributed by atoms with van der Waals surface area (Å²) in [7, 11) is 0. The van der Waals surface area contributed by atoms with E-state index in [1.165, 1.54) is 0 Å². The van der Waals surface area contributed by atoms with Crippen LogP contribution in [0.4, 0.5) is 5.69 Å². The van der Waals surface area contributed by atoms with Crippen LogP contribution in [0.5, 0.6) is 5.75 Å². The molecule has 0 radical (unpaired) electrons. The molecule has 1 aliphatic rings. The Morgan fingerprint density at radius 3 is 2.82 bits per heavy atom. The average molecular weight is 403 g/mol. The number of para-hydroxylation sites is 1. The first-order valence-electron chi connectivity index (χ1n) is 9.25. The molecule has 0 bridgehead atoms. The Morgan fingerprint density at radius 2 is 2.07 bits per heavy atom. The number of halogens is 1. The van der Waals surface area contributed by atoms with E-state index in [2.05, 4.69) is 10.6 Å². The van der Waals surface area contributed by atoms with Crippen LogP contribution < -0.4 is 15.4 Å². The number of amides is 2. The van der Waals surface area contributed by atoms with E-state index in [9.17, 15) is 9.59 Å². The van der Waals surface area contributed by atoms with Crippen LogP contribution in [0.15, 0.2) is 48.5 Å². The van der Waals surface area contributed by atoms with Gasteiger partial charge in [-0.1, -0.05) is 29.8 Å². The minimum absolute atomic E-state index is 0.0526. The summed E-state index contributed by atoms with van der Waals surface area (Å²) in [6.45, 7) is 2.82. The zero-order valence-electron chi connectivity index (χ0n) is 15.6. The monoisotopic (exact) mass is 402 g/mol. The van der Waals surface area contributed by atoms with Gasteiger partial charge >= 0.3 is 0 Å². The fourth-order valence-electron chi connectivity index (χ4n) is 2.93. The van der Waals surface area contributed by atoms with E-state index in [1.54, 1.807) is 55.5 Å². The number of hydrogen-bond acceptors (Lipinski definition) is 4. The van der Waals surface area contributed by atoms with E-state index in [0.29, 0.717) is 28.6 Å². The molecule has 148 valence electrons. The molecule has 0 aromatic heterocycles. The second-order valence-electron chi connectivity index (χ2n) is 6.60. The lowest BCUT2D eigenvalue weighted by atomic mass is 10.1. The van der Waals surface area contributed by atoms with E-state index in [0.717, 1.165) is 19.4 Å². The SMILES string of the molecule is C[C@H](Oc1cccc(Cl)c1)C(=O)Nc1ccccc1C(=O)NC[C@@H]1CCCO1. The third kappa shape index (κ3) is 5.47. The largest absolute Gasteiger partial charge is 0.481 e. The van der Waals surface area contributed by atoms with Gasteiger partial charge in [-0.15, -0.1) is 0 Å². The molecule has 2 N–H and O–H groups in total. The first-order chi connectivity index (χ1) is 13.5. The van der Waals surface area contributed by atoms with Crippen molar-refractivity contribution < 1.29 is 19.1 Å². The molecular weight excluding hydrogens is 380 g/mol. The number of nitrogens with one attached hydrogen (secondary N) is 2. The number of hydrogen-bond donors (Lipinski definition) is 2. The number of anilines is 1. The predicted molar refractivity (Wildman–Crippen MR) is 108 cm³/mol. The molecule has 28 heavy (non-hydrogen) atoms. The van der Waals surface area contributed by atoms with Gasteiger partial charge in [0.05, 0.1) is 17.4 Å². The van der Waals surface area contributed by atoms with Crippen molar-refractivity contribution in [2.45, 2.75) is 32.0 Å². The van der Waals surface area contributed by atoms with Gasteiger partial charge in [0, 0.05) is 18.2 Å². The van der Waals surface area contributed by atoms with Crippen LogP contribution in [-0.4, -0.2) is 37.2 Å². The molecule has 0 aliphatic carbocycles. The summed E-state index contributed by atoms with van der Waals surface area (Å²) in [5.41, 5.74) is 0.822. The number of benzene rings is 2. The van der Waals surface area contributed by atoms with E-state index >= 15 is 0 Å². The molecule has 2 amide bonds. The molecule has 0 saturated carbocycles. The van der Waals surface area contributed by atoms with Crippen LogP contribution in [0.25, 0.3) is 0 Å². The molecule has 0 unspecified atom stereocenters. The number of rotatable bonds is 7. The van der Waals surface area contributed by atoms with Crippen molar-refractivity contribution in [3.8, 4) is 5.75 Å². The average Bonchev–Trinajstić information content (AvgIpc) is 3.20. The van der Waals surface area contributed by atoms with Gasteiger partial charge in [-0.2, -0.15) is 0 Å². The second-order valence-corrected chi connectivity index (χ2v) is 7.03. The maximum Gasteiger partial charge on any atom is 0.265 e. The first-order valence-corrected chi connectivity index (χ1v) is 9.62. The third-order valence-corrected chi connectivity index (χ3v) is 4.66. The minimum atomic E-state index is -0.763. The lowest BCUT2D eigenvalue weighted by molar-refractivity contribution is -0.122. The summed E-state index contributed by atoms with van der Waals surface area (Å²) in [6, 6.07) is 13.7. The van der Waals surface area contributed by atoms with Crippen LogP contribution in [0, 0.1) is 0 Å². The molecule has 1 fully saturated rings. The lowest BCUT2D eigenvalue weighted by Crippen LogP contribution is -2.34. The highest BCUT2D eigenvalue weighted by molar-refractivity contribution is 6.30. The third-order valence-electron chi connectivity index (χ3n) is 4.42. The summed E-state index contributed by atoms with van der Waals surface area (Å²) >= 11 is 5.94. The van der Waals surface area contributed by atoms with Crippen molar-refractivity contribution in [2.75, 3.05) is 18.5 Å². The van der Waals surface area contributed by atoms with Gasteiger partial charge < -0.3 is 20.1 Å².